The highest BCUT2D eigenvalue weighted by atomic mass is 16.8. The molecule has 0 aromatic carbocycles. The molecule has 9 heteroatoms. The number of hydrogen-bond acceptors (Lipinski definition) is 8. The molecule has 3 rings (SSSR count). The Kier molecular flexibility index (Phi) is 5.09. The number of aliphatic hydroxyl groups is 4. The molecule has 24 heavy (non-hydrogen) atoms. The number of carboxylic acids is 1. The third-order valence-corrected chi connectivity index (χ3v) is 5.06. The van der Waals surface area contributed by atoms with Crippen molar-refractivity contribution in [2.24, 2.45) is 17.8 Å². The number of allylic oxidation sites excluding steroid dienone is 1. The minimum absolute atomic E-state index is 0.0188. The highest BCUT2D eigenvalue weighted by molar-refractivity contribution is 5.71. The highest BCUT2D eigenvalue weighted by Gasteiger charge is 2.50. The fraction of sp³-hybridized carbons (Fsp3) is 0.800. The van der Waals surface area contributed by atoms with E-state index in [0.717, 1.165) is 0 Å². The SMILES string of the molecule is O=C(O)C1CCC2C=COC(OC3OC(CO)C(O)C(O)C3O)C21. The molecule has 9 nitrogen and oxygen atoms in total. The average molecular weight is 346 g/mol. The van der Waals surface area contributed by atoms with Crippen LogP contribution in [-0.2, 0) is 19.0 Å². The summed E-state index contributed by atoms with van der Waals surface area (Å²) < 4.78 is 16.3. The predicted octanol–water partition coefficient (Wildman–Crippen LogP) is -1.60. The minimum Gasteiger partial charge on any atom is -0.481 e. The Morgan fingerprint density at radius 3 is 2.54 bits per heavy atom. The Balaban J connectivity index is 1.74. The number of rotatable bonds is 4. The van der Waals surface area contributed by atoms with Crippen LogP contribution in [0.3, 0.4) is 0 Å². The van der Waals surface area contributed by atoms with Gasteiger partial charge in [0.05, 0.1) is 18.8 Å². The van der Waals surface area contributed by atoms with Crippen molar-refractivity contribution < 1.29 is 44.5 Å². The van der Waals surface area contributed by atoms with Crippen LogP contribution in [-0.4, -0.2) is 75.1 Å². The van der Waals surface area contributed by atoms with E-state index in [4.69, 9.17) is 14.2 Å². The van der Waals surface area contributed by atoms with Crippen LogP contribution in [0.2, 0.25) is 0 Å². The van der Waals surface area contributed by atoms with E-state index < -0.39 is 61.4 Å². The number of fused-ring (bicyclic) bond motifs is 1. The van der Waals surface area contributed by atoms with Gasteiger partial charge in [-0.05, 0) is 24.8 Å². The zero-order valence-corrected chi connectivity index (χ0v) is 12.8. The Morgan fingerprint density at radius 2 is 1.88 bits per heavy atom. The standard InChI is InChI=1S/C15H22O9/c16-5-8-10(17)11(18)12(19)15(23-8)24-14-9-6(3-4-22-14)1-2-7(9)13(20)21/h3-4,6-12,14-19H,1-2,5H2,(H,20,21). The summed E-state index contributed by atoms with van der Waals surface area (Å²) in [6.45, 7) is -0.569. The molecule has 0 radical (unpaired) electrons. The van der Waals surface area contributed by atoms with Gasteiger partial charge in [-0.2, -0.15) is 0 Å². The van der Waals surface area contributed by atoms with Gasteiger partial charge in [0, 0.05) is 5.92 Å². The summed E-state index contributed by atoms with van der Waals surface area (Å²) in [5.74, 6) is -2.05. The first kappa shape index (κ1) is 17.6. The number of carboxylic acid groups (broad SMARTS) is 1. The molecule has 0 bridgehead atoms. The third-order valence-electron chi connectivity index (χ3n) is 5.06. The molecule has 3 aliphatic rings. The molecule has 5 N–H and O–H groups in total. The van der Waals surface area contributed by atoms with E-state index in [0.29, 0.717) is 12.8 Å². The maximum atomic E-state index is 11.4. The van der Waals surface area contributed by atoms with Gasteiger partial charge in [-0.25, -0.2) is 0 Å². The molecular weight excluding hydrogens is 324 g/mol. The van der Waals surface area contributed by atoms with Gasteiger partial charge < -0.3 is 39.7 Å². The highest BCUT2D eigenvalue weighted by Crippen LogP contribution is 2.44. The largest absolute Gasteiger partial charge is 0.481 e. The van der Waals surface area contributed by atoms with Crippen LogP contribution in [0.15, 0.2) is 12.3 Å². The van der Waals surface area contributed by atoms with E-state index >= 15 is 0 Å². The summed E-state index contributed by atoms with van der Waals surface area (Å²) >= 11 is 0. The summed E-state index contributed by atoms with van der Waals surface area (Å²) in [6.07, 6.45) is -3.61. The maximum absolute atomic E-state index is 11.4. The molecule has 136 valence electrons. The van der Waals surface area contributed by atoms with Crippen LogP contribution in [0.5, 0.6) is 0 Å². The van der Waals surface area contributed by atoms with Gasteiger partial charge >= 0.3 is 5.97 Å². The van der Waals surface area contributed by atoms with E-state index in [9.17, 15) is 30.3 Å². The van der Waals surface area contributed by atoms with Crippen molar-refractivity contribution in [3.8, 4) is 0 Å². The smallest absolute Gasteiger partial charge is 0.307 e. The molecule has 0 aromatic heterocycles. The summed E-state index contributed by atoms with van der Waals surface area (Å²) in [7, 11) is 0. The van der Waals surface area contributed by atoms with Crippen molar-refractivity contribution in [1.82, 2.24) is 0 Å². The van der Waals surface area contributed by atoms with E-state index in [1.54, 1.807) is 6.08 Å². The van der Waals surface area contributed by atoms with E-state index in [1.165, 1.54) is 6.26 Å². The molecule has 1 aliphatic carbocycles. The molecule has 2 aliphatic heterocycles. The number of aliphatic hydroxyl groups excluding tert-OH is 4. The lowest BCUT2D eigenvalue weighted by molar-refractivity contribution is -0.342. The van der Waals surface area contributed by atoms with Crippen molar-refractivity contribution in [2.45, 2.75) is 49.8 Å². The summed E-state index contributed by atoms with van der Waals surface area (Å²) in [5, 5.41) is 48.2. The number of aliphatic carboxylic acids is 1. The molecule has 0 spiro atoms. The second-order valence-corrected chi connectivity index (χ2v) is 6.43. The maximum Gasteiger partial charge on any atom is 0.307 e. The monoisotopic (exact) mass is 346 g/mol. The Hall–Kier alpha value is -1.23. The first-order valence-corrected chi connectivity index (χ1v) is 7.95. The lowest BCUT2D eigenvalue weighted by Gasteiger charge is -2.42. The molecule has 2 fully saturated rings. The number of ether oxygens (including phenoxy) is 3. The molecule has 9 unspecified atom stereocenters. The van der Waals surface area contributed by atoms with Gasteiger partial charge in [-0.1, -0.05) is 0 Å². The van der Waals surface area contributed by atoms with Gasteiger partial charge in [-0.3, -0.25) is 4.79 Å². The molecule has 1 saturated heterocycles. The topological polar surface area (TPSA) is 146 Å². The third kappa shape index (κ3) is 3.03. The first-order chi connectivity index (χ1) is 11.4. The summed E-state index contributed by atoms with van der Waals surface area (Å²) in [4.78, 5) is 11.4. The van der Waals surface area contributed by atoms with E-state index in [-0.39, 0.29) is 5.92 Å². The second kappa shape index (κ2) is 6.95. The van der Waals surface area contributed by atoms with E-state index in [1.807, 2.05) is 0 Å². The fourth-order valence-electron chi connectivity index (χ4n) is 3.71. The molecule has 0 amide bonds. The van der Waals surface area contributed by atoms with Crippen LogP contribution in [0.4, 0.5) is 0 Å². The zero-order valence-electron chi connectivity index (χ0n) is 12.8. The molecular formula is C15H22O9. The number of carbonyl (C=O) groups is 1. The lowest BCUT2D eigenvalue weighted by atomic mass is 9.87. The van der Waals surface area contributed by atoms with Crippen LogP contribution in [0.25, 0.3) is 0 Å². The lowest BCUT2D eigenvalue weighted by Crippen LogP contribution is -2.60. The van der Waals surface area contributed by atoms with Crippen LogP contribution < -0.4 is 0 Å². The van der Waals surface area contributed by atoms with Gasteiger partial charge in [-0.15, -0.1) is 0 Å². The van der Waals surface area contributed by atoms with Gasteiger partial charge in [0.25, 0.3) is 0 Å². The van der Waals surface area contributed by atoms with Crippen LogP contribution >= 0.6 is 0 Å². The molecule has 0 aromatic rings. The van der Waals surface area contributed by atoms with Crippen molar-refractivity contribution in [2.75, 3.05) is 6.61 Å². The Morgan fingerprint density at radius 1 is 1.12 bits per heavy atom. The van der Waals surface area contributed by atoms with Gasteiger partial charge in [0.2, 0.25) is 6.29 Å². The second-order valence-electron chi connectivity index (χ2n) is 6.43. The van der Waals surface area contributed by atoms with Gasteiger partial charge in [0.1, 0.15) is 24.4 Å². The van der Waals surface area contributed by atoms with Crippen molar-refractivity contribution in [3.63, 3.8) is 0 Å². The fourth-order valence-corrected chi connectivity index (χ4v) is 3.71. The molecule has 9 atom stereocenters. The van der Waals surface area contributed by atoms with Gasteiger partial charge in [0.15, 0.2) is 6.29 Å². The molecule has 2 heterocycles. The van der Waals surface area contributed by atoms with E-state index in [2.05, 4.69) is 0 Å². The molecule has 1 saturated carbocycles. The normalized spacial score (nSPS) is 47.9. The zero-order chi connectivity index (χ0) is 17.4. The summed E-state index contributed by atoms with van der Waals surface area (Å²) in [5.41, 5.74) is 0. The first-order valence-electron chi connectivity index (χ1n) is 7.95. The summed E-state index contributed by atoms with van der Waals surface area (Å²) in [6, 6.07) is 0. The van der Waals surface area contributed by atoms with Crippen molar-refractivity contribution >= 4 is 5.97 Å². The van der Waals surface area contributed by atoms with Crippen LogP contribution in [0, 0.1) is 17.8 Å². The van der Waals surface area contributed by atoms with Crippen molar-refractivity contribution in [1.29, 1.82) is 0 Å². The minimum atomic E-state index is -1.56. The Bertz CT molecular complexity index is 493. The van der Waals surface area contributed by atoms with Crippen LogP contribution in [0.1, 0.15) is 12.8 Å². The number of hydrogen-bond donors (Lipinski definition) is 5. The quantitative estimate of drug-likeness (QED) is 0.406. The van der Waals surface area contributed by atoms with Crippen molar-refractivity contribution in [3.05, 3.63) is 12.3 Å². The average Bonchev–Trinajstić information content (AvgIpc) is 3.00. The Labute approximate surface area is 138 Å². The predicted molar refractivity (Wildman–Crippen MR) is 76.2 cm³/mol.